The summed E-state index contributed by atoms with van der Waals surface area (Å²) in [5, 5.41) is 1.75. The lowest BCUT2D eigenvalue weighted by atomic mass is 9.85. The number of carbonyl (C=O) groups excluding carboxylic acids is 1. The van der Waals surface area contributed by atoms with Gasteiger partial charge in [-0.2, -0.15) is 0 Å². The van der Waals surface area contributed by atoms with Crippen LogP contribution >= 0.6 is 0 Å². The van der Waals surface area contributed by atoms with Gasteiger partial charge in [-0.05, 0) is 66.7 Å². The van der Waals surface area contributed by atoms with Crippen LogP contribution < -0.4 is 15.8 Å². The molecule has 2 aliphatic rings. The van der Waals surface area contributed by atoms with Gasteiger partial charge in [0.05, 0.1) is 11.4 Å². The highest BCUT2D eigenvalue weighted by Gasteiger charge is 2.59. The number of alkyl carbamates (subject to hydrolysis) is 1. The third kappa shape index (κ3) is 3.64. The minimum Gasteiger partial charge on any atom is -0.490 e. The lowest BCUT2D eigenvalue weighted by Gasteiger charge is -2.44. The SMILES string of the molecule is CC1C[C@H]2[C@](C)(N=C(NC(=O)OC(C)(C)C)C(C)(C)S2(=O)=O)c2cc(N)ccc2O1. The summed E-state index contributed by atoms with van der Waals surface area (Å²) >= 11 is 0. The molecule has 3 rings (SSSR count). The number of nitrogens with two attached hydrogens (primary N) is 1. The Hall–Kier alpha value is -2.29. The van der Waals surface area contributed by atoms with Crippen LogP contribution in [0.2, 0.25) is 0 Å². The van der Waals surface area contributed by atoms with E-state index in [4.69, 9.17) is 20.2 Å². The summed E-state index contributed by atoms with van der Waals surface area (Å²) in [5.74, 6) is 0.579. The van der Waals surface area contributed by atoms with Crippen molar-refractivity contribution in [3.05, 3.63) is 23.8 Å². The third-order valence-electron chi connectivity index (χ3n) is 5.67. The molecule has 0 spiro atoms. The Labute approximate surface area is 178 Å². The number of aliphatic imine (C=N–C) groups is 1. The van der Waals surface area contributed by atoms with Gasteiger partial charge >= 0.3 is 6.09 Å². The second-order valence-corrected chi connectivity index (χ2v) is 12.4. The van der Waals surface area contributed by atoms with Gasteiger partial charge in [0, 0.05) is 17.7 Å². The minimum absolute atomic E-state index is 0.0402. The minimum atomic E-state index is -3.79. The van der Waals surface area contributed by atoms with Crippen molar-refractivity contribution in [2.45, 2.75) is 82.1 Å². The number of fused-ring (bicyclic) bond motifs is 3. The number of carbonyl (C=O) groups is 1. The maximum Gasteiger partial charge on any atom is 0.413 e. The van der Waals surface area contributed by atoms with Crippen molar-refractivity contribution < 1.29 is 22.7 Å². The highest BCUT2D eigenvalue weighted by molar-refractivity contribution is 7.94. The molecule has 0 aromatic heterocycles. The molecule has 1 aromatic carbocycles. The van der Waals surface area contributed by atoms with Gasteiger partial charge in [0.2, 0.25) is 0 Å². The molecule has 0 fully saturated rings. The second-order valence-electron chi connectivity index (χ2n) is 9.70. The van der Waals surface area contributed by atoms with Crippen LogP contribution in [0.25, 0.3) is 0 Å². The van der Waals surface area contributed by atoms with Crippen molar-refractivity contribution in [3.63, 3.8) is 0 Å². The molecule has 0 bridgehead atoms. The summed E-state index contributed by atoms with van der Waals surface area (Å²) in [6.45, 7) is 11.9. The Morgan fingerprint density at radius 1 is 1.30 bits per heavy atom. The van der Waals surface area contributed by atoms with E-state index in [0.29, 0.717) is 17.0 Å². The number of nitrogen functional groups attached to an aromatic ring is 1. The zero-order valence-electron chi connectivity index (χ0n) is 18.6. The second kappa shape index (κ2) is 6.87. The number of nitrogens with zero attached hydrogens (tertiary/aromatic N) is 1. The van der Waals surface area contributed by atoms with E-state index in [1.165, 1.54) is 0 Å². The number of hydrogen-bond acceptors (Lipinski definition) is 7. The fourth-order valence-corrected chi connectivity index (χ4v) is 6.40. The van der Waals surface area contributed by atoms with Gasteiger partial charge in [0.15, 0.2) is 9.84 Å². The smallest absolute Gasteiger partial charge is 0.413 e. The predicted octanol–water partition coefficient (Wildman–Crippen LogP) is 3.15. The zero-order valence-corrected chi connectivity index (χ0v) is 19.4. The molecule has 1 unspecified atom stereocenters. The summed E-state index contributed by atoms with van der Waals surface area (Å²) in [5.41, 5.74) is 5.15. The summed E-state index contributed by atoms with van der Waals surface area (Å²) in [7, 11) is -3.79. The van der Waals surface area contributed by atoms with E-state index in [0.717, 1.165) is 0 Å². The topological polar surface area (TPSA) is 120 Å². The summed E-state index contributed by atoms with van der Waals surface area (Å²) < 4.78 is 37.5. The molecule has 30 heavy (non-hydrogen) atoms. The Morgan fingerprint density at radius 3 is 2.53 bits per heavy atom. The first-order chi connectivity index (χ1) is 13.6. The van der Waals surface area contributed by atoms with E-state index in [1.807, 2.05) is 6.92 Å². The summed E-state index contributed by atoms with van der Waals surface area (Å²) in [6, 6.07) is 5.14. The number of benzene rings is 1. The fraction of sp³-hybridized carbons (Fsp3) is 0.619. The molecule has 1 amide bonds. The van der Waals surface area contributed by atoms with Crippen LogP contribution in [0.3, 0.4) is 0 Å². The largest absolute Gasteiger partial charge is 0.490 e. The van der Waals surface area contributed by atoms with Crippen molar-refractivity contribution in [3.8, 4) is 5.75 Å². The molecule has 0 aliphatic carbocycles. The van der Waals surface area contributed by atoms with Gasteiger partial charge in [0.1, 0.15) is 27.5 Å². The molecular weight excluding hydrogens is 406 g/mol. The van der Waals surface area contributed by atoms with Crippen LogP contribution in [0, 0.1) is 0 Å². The number of hydrogen-bond donors (Lipinski definition) is 2. The van der Waals surface area contributed by atoms with E-state index < -0.39 is 37.1 Å². The number of sulfone groups is 1. The summed E-state index contributed by atoms with van der Waals surface area (Å²) in [4.78, 5) is 17.3. The average Bonchev–Trinajstić information content (AvgIpc) is 2.67. The Balaban J connectivity index is 2.21. The van der Waals surface area contributed by atoms with Crippen molar-refractivity contribution >= 4 is 27.5 Å². The van der Waals surface area contributed by atoms with Gasteiger partial charge in [-0.25, -0.2) is 13.2 Å². The van der Waals surface area contributed by atoms with Crippen molar-refractivity contribution in [1.82, 2.24) is 5.32 Å². The van der Waals surface area contributed by atoms with Gasteiger partial charge in [-0.1, -0.05) is 0 Å². The van der Waals surface area contributed by atoms with Crippen LogP contribution in [0.1, 0.15) is 60.5 Å². The molecule has 8 nitrogen and oxygen atoms in total. The van der Waals surface area contributed by atoms with Gasteiger partial charge in [-0.15, -0.1) is 0 Å². The molecule has 2 heterocycles. The standard InChI is InChI=1S/C21H31N3O5S/c1-12-10-16-21(7,14-11-13(22)8-9-15(14)28-12)24-17(20(5,6)30(16,26)27)23-18(25)29-19(2,3)4/h8-9,11-12,16H,10,22H2,1-7H3,(H,23,24,25)/t12?,16-,21+/m0/s1. The van der Waals surface area contributed by atoms with Crippen molar-refractivity contribution in [2.24, 2.45) is 4.99 Å². The summed E-state index contributed by atoms with van der Waals surface area (Å²) in [6.07, 6.45) is -0.821. The molecule has 0 saturated heterocycles. The van der Waals surface area contributed by atoms with Gasteiger partial charge in [-0.3, -0.25) is 10.3 Å². The molecule has 3 atom stereocenters. The number of amidine groups is 1. The van der Waals surface area contributed by atoms with Crippen LogP contribution in [0.5, 0.6) is 5.75 Å². The maximum absolute atomic E-state index is 13.8. The number of anilines is 1. The first kappa shape index (κ1) is 22.4. The van der Waals surface area contributed by atoms with E-state index in [2.05, 4.69) is 5.32 Å². The molecule has 0 saturated carbocycles. The Morgan fingerprint density at radius 2 is 1.93 bits per heavy atom. The van der Waals surface area contributed by atoms with Crippen LogP contribution in [0.15, 0.2) is 23.2 Å². The van der Waals surface area contributed by atoms with Crippen molar-refractivity contribution in [2.75, 3.05) is 5.73 Å². The normalized spacial score (nSPS) is 29.4. The van der Waals surface area contributed by atoms with E-state index in [9.17, 15) is 13.2 Å². The molecule has 166 valence electrons. The number of amides is 1. The number of rotatable bonds is 0. The van der Waals surface area contributed by atoms with E-state index in [-0.39, 0.29) is 18.4 Å². The van der Waals surface area contributed by atoms with E-state index in [1.54, 1.807) is 59.7 Å². The lowest BCUT2D eigenvalue weighted by Crippen LogP contribution is -2.62. The highest BCUT2D eigenvalue weighted by Crippen LogP contribution is 2.49. The lowest BCUT2D eigenvalue weighted by molar-refractivity contribution is 0.0560. The molecule has 9 heteroatoms. The zero-order chi connectivity index (χ0) is 22.7. The molecule has 3 N–H and O–H groups in total. The van der Waals surface area contributed by atoms with Crippen LogP contribution in [-0.2, 0) is 20.1 Å². The third-order valence-corrected chi connectivity index (χ3v) is 8.69. The van der Waals surface area contributed by atoms with Crippen LogP contribution in [-0.4, -0.2) is 42.0 Å². The van der Waals surface area contributed by atoms with Gasteiger partial charge < -0.3 is 15.2 Å². The molecule has 2 aliphatic heterocycles. The quantitative estimate of drug-likeness (QED) is 0.602. The molecule has 0 radical (unpaired) electrons. The molecular formula is C21H31N3O5S. The number of nitrogens with one attached hydrogen (secondary N) is 1. The highest BCUT2D eigenvalue weighted by atomic mass is 32.2. The van der Waals surface area contributed by atoms with Crippen molar-refractivity contribution in [1.29, 1.82) is 0 Å². The maximum atomic E-state index is 13.8. The van der Waals surface area contributed by atoms with Gasteiger partial charge in [0.25, 0.3) is 0 Å². The average molecular weight is 438 g/mol. The molecule has 1 aromatic rings. The first-order valence-electron chi connectivity index (χ1n) is 9.98. The predicted molar refractivity (Wildman–Crippen MR) is 117 cm³/mol. The first-order valence-corrected chi connectivity index (χ1v) is 11.5. The monoisotopic (exact) mass is 437 g/mol. The van der Waals surface area contributed by atoms with Crippen LogP contribution in [0.4, 0.5) is 10.5 Å². The fourth-order valence-electron chi connectivity index (χ4n) is 4.01. The number of ether oxygens (including phenoxy) is 2. The Kier molecular flexibility index (Phi) is 5.13. The Bertz CT molecular complexity index is 1010. The van der Waals surface area contributed by atoms with E-state index >= 15 is 0 Å².